The highest BCUT2D eigenvalue weighted by molar-refractivity contribution is 7.99. The number of nitrogens with zero attached hydrogens (tertiary/aromatic N) is 4. The Morgan fingerprint density at radius 2 is 1.80 bits per heavy atom. The molecule has 5 rings (SSSR count). The van der Waals surface area contributed by atoms with E-state index in [9.17, 15) is 14.4 Å². The number of nitrogens with one attached hydrogen (secondary N) is 1. The predicted molar refractivity (Wildman–Crippen MR) is 155 cm³/mol. The molecule has 0 fully saturated rings. The van der Waals surface area contributed by atoms with E-state index in [0.29, 0.717) is 16.5 Å². The van der Waals surface area contributed by atoms with Crippen LogP contribution in [0.1, 0.15) is 25.6 Å². The third-order valence-electron chi connectivity index (χ3n) is 6.21. The van der Waals surface area contributed by atoms with Crippen LogP contribution in [0, 0.1) is 6.92 Å². The van der Waals surface area contributed by atoms with Gasteiger partial charge in [-0.25, -0.2) is 9.78 Å². The second-order valence-corrected chi connectivity index (χ2v) is 10.7. The lowest BCUT2D eigenvalue weighted by atomic mass is 10.0. The number of ether oxygens (including phenoxy) is 1. The SMILES string of the molecule is COC(=O)c1c(NC(=O)CSc2nnc(-c3cc(-c4ccccc4)nc4ccccc34)n2C)sc(C(N)=O)c1C. The van der Waals surface area contributed by atoms with Crippen LogP contribution in [-0.4, -0.2) is 50.4 Å². The minimum atomic E-state index is -0.687. The standard InChI is InChI=1S/C28H24N6O4S2/c1-15-22(27(37)38-3)26(40-23(15)24(29)36)31-21(35)14-39-28-33-32-25(34(28)2)18-13-20(16-9-5-4-6-10-16)30-19-12-8-7-11-17(18)19/h4-13H,14H2,1-3H3,(H2,29,36)(H,31,35). The number of fused-ring (bicyclic) bond motifs is 1. The molecule has 0 saturated carbocycles. The number of rotatable bonds is 8. The fraction of sp³-hybridized carbons (Fsp3) is 0.143. The average Bonchev–Trinajstić information content (AvgIpc) is 3.49. The van der Waals surface area contributed by atoms with E-state index in [-0.39, 0.29) is 21.2 Å². The van der Waals surface area contributed by atoms with Crippen LogP contribution in [0.15, 0.2) is 65.8 Å². The lowest BCUT2D eigenvalue weighted by molar-refractivity contribution is -0.113. The van der Waals surface area contributed by atoms with Crippen molar-refractivity contribution in [3.05, 3.63) is 76.7 Å². The maximum absolute atomic E-state index is 12.8. The van der Waals surface area contributed by atoms with Crippen LogP contribution in [0.5, 0.6) is 0 Å². The van der Waals surface area contributed by atoms with Crippen molar-refractivity contribution >= 4 is 56.8 Å². The summed E-state index contributed by atoms with van der Waals surface area (Å²) in [4.78, 5) is 41.9. The van der Waals surface area contributed by atoms with E-state index < -0.39 is 17.8 Å². The van der Waals surface area contributed by atoms with Gasteiger partial charge in [-0.2, -0.15) is 0 Å². The number of amides is 2. The minimum Gasteiger partial charge on any atom is -0.465 e. The van der Waals surface area contributed by atoms with Gasteiger partial charge in [0.2, 0.25) is 5.91 Å². The summed E-state index contributed by atoms with van der Waals surface area (Å²) in [7, 11) is 3.06. The Kier molecular flexibility index (Phi) is 7.63. The van der Waals surface area contributed by atoms with Crippen molar-refractivity contribution in [3.63, 3.8) is 0 Å². The minimum absolute atomic E-state index is 0.0121. The monoisotopic (exact) mass is 572 g/mol. The third kappa shape index (κ3) is 5.18. The molecule has 5 aromatic rings. The van der Waals surface area contributed by atoms with Gasteiger partial charge in [0.05, 0.1) is 34.5 Å². The number of aromatic nitrogens is 4. The summed E-state index contributed by atoms with van der Waals surface area (Å²) < 4.78 is 6.65. The highest BCUT2D eigenvalue weighted by Crippen LogP contribution is 2.35. The normalized spacial score (nSPS) is 11.0. The van der Waals surface area contributed by atoms with Crippen LogP contribution in [0.2, 0.25) is 0 Å². The number of pyridine rings is 1. The van der Waals surface area contributed by atoms with Gasteiger partial charge in [0.15, 0.2) is 11.0 Å². The number of thiophene rings is 1. The molecule has 0 aliphatic carbocycles. The molecule has 40 heavy (non-hydrogen) atoms. The molecule has 3 N–H and O–H groups in total. The number of thioether (sulfide) groups is 1. The van der Waals surface area contributed by atoms with Crippen molar-refractivity contribution in [2.24, 2.45) is 12.8 Å². The first-order chi connectivity index (χ1) is 19.3. The summed E-state index contributed by atoms with van der Waals surface area (Å²) in [6, 6.07) is 19.7. The number of esters is 1. The maximum Gasteiger partial charge on any atom is 0.341 e. The highest BCUT2D eigenvalue weighted by atomic mass is 32.2. The van der Waals surface area contributed by atoms with E-state index in [2.05, 4.69) is 15.5 Å². The van der Waals surface area contributed by atoms with Crippen LogP contribution < -0.4 is 11.1 Å². The molecule has 0 aliphatic heterocycles. The van der Waals surface area contributed by atoms with E-state index >= 15 is 0 Å². The summed E-state index contributed by atoms with van der Waals surface area (Å²) in [6.45, 7) is 1.58. The molecule has 0 unspecified atom stereocenters. The molecule has 3 aromatic heterocycles. The number of primary amides is 1. The van der Waals surface area contributed by atoms with Crippen LogP contribution in [-0.2, 0) is 16.6 Å². The molecule has 0 radical (unpaired) electrons. The van der Waals surface area contributed by atoms with Gasteiger partial charge in [-0.1, -0.05) is 60.3 Å². The van der Waals surface area contributed by atoms with Crippen molar-refractivity contribution < 1.29 is 19.1 Å². The molecular formula is C28H24N6O4S2. The van der Waals surface area contributed by atoms with Crippen LogP contribution in [0.3, 0.4) is 0 Å². The fourth-order valence-electron chi connectivity index (χ4n) is 4.27. The van der Waals surface area contributed by atoms with E-state index in [1.807, 2.05) is 72.3 Å². The lowest BCUT2D eigenvalue weighted by Crippen LogP contribution is -2.16. The number of methoxy groups -OCH3 is 1. The molecule has 202 valence electrons. The fourth-order valence-corrected chi connectivity index (χ4v) is 6.04. The number of nitrogens with two attached hydrogens (primary N) is 1. The van der Waals surface area contributed by atoms with Gasteiger partial charge < -0.3 is 20.4 Å². The molecular weight excluding hydrogens is 548 g/mol. The van der Waals surface area contributed by atoms with Crippen molar-refractivity contribution in [1.82, 2.24) is 19.7 Å². The van der Waals surface area contributed by atoms with Crippen molar-refractivity contribution in [3.8, 4) is 22.6 Å². The van der Waals surface area contributed by atoms with E-state index in [4.69, 9.17) is 15.5 Å². The summed E-state index contributed by atoms with van der Waals surface area (Å²) in [5.74, 6) is -1.12. The zero-order valence-corrected chi connectivity index (χ0v) is 23.4. The van der Waals surface area contributed by atoms with Gasteiger partial charge in [-0.3, -0.25) is 9.59 Å². The number of carbonyl (C=O) groups excluding carboxylic acids is 3. The molecule has 2 amide bonds. The van der Waals surface area contributed by atoms with Gasteiger partial charge in [0, 0.05) is 23.6 Å². The zero-order valence-electron chi connectivity index (χ0n) is 21.8. The third-order valence-corrected chi connectivity index (χ3v) is 8.45. The Morgan fingerprint density at radius 1 is 1.07 bits per heavy atom. The topological polar surface area (TPSA) is 142 Å². The second kappa shape index (κ2) is 11.3. The molecule has 10 nitrogen and oxygen atoms in total. The van der Waals surface area contributed by atoms with Gasteiger partial charge in [-0.15, -0.1) is 21.5 Å². The Balaban J connectivity index is 1.40. The summed E-state index contributed by atoms with van der Waals surface area (Å²) >= 11 is 2.13. The average molecular weight is 573 g/mol. The van der Waals surface area contributed by atoms with Crippen LogP contribution in [0.25, 0.3) is 33.5 Å². The first kappa shape index (κ1) is 27.0. The summed E-state index contributed by atoms with van der Waals surface area (Å²) in [5, 5.41) is 13.1. The van der Waals surface area contributed by atoms with Gasteiger partial charge in [0.1, 0.15) is 5.00 Å². The van der Waals surface area contributed by atoms with Crippen LogP contribution in [0.4, 0.5) is 5.00 Å². The molecule has 0 atom stereocenters. The number of hydrogen-bond acceptors (Lipinski definition) is 9. The smallest absolute Gasteiger partial charge is 0.341 e. The predicted octanol–water partition coefficient (Wildman–Crippen LogP) is 4.68. The summed E-state index contributed by atoms with van der Waals surface area (Å²) in [6.07, 6.45) is 0. The first-order valence-corrected chi connectivity index (χ1v) is 13.9. The Hall–Kier alpha value is -4.55. The quantitative estimate of drug-likeness (QED) is 0.202. The molecule has 0 bridgehead atoms. The second-order valence-electron chi connectivity index (χ2n) is 8.76. The van der Waals surface area contributed by atoms with E-state index in [1.54, 1.807) is 6.92 Å². The van der Waals surface area contributed by atoms with Gasteiger partial charge in [0.25, 0.3) is 5.91 Å². The van der Waals surface area contributed by atoms with Gasteiger partial charge in [-0.05, 0) is 24.6 Å². The molecule has 2 aromatic carbocycles. The first-order valence-electron chi connectivity index (χ1n) is 12.1. The van der Waals surface area contributed by atoms with E-state index in [0.717, 1.165) is 39.1 Å². The van der Waals surface area contributed by atoms with Crippen molar-refractivity contribution in [1.29, 1.82) is 0 Å². The largest absolute Gasteiger partial charge is 0.465 e. The Labute approximate surface area is 237 Å². The van der Waals surface area contributed by atoms with Crippen LogP contribution >= 0.6 is 23.1 Å². The molecule has 0 aliphatic rings. The molecule has 3 heterocycles. The van der Waals surface area contributed by atoms with Crippen molar-refractivity contribution in [2.45, 2.75) is 12.1 Å². The zero-order chi connectivity index (χ0) is 28.4. The number of benzene rings is 2. The lowest BCUT2D eigenvalue weighted by Gasteiger charge is -2.10. The number of carbonyl (C=O) groups is 3. The number of hydrogen-bond donors (Lipinski definition) is 2. The van der Waals surface area contributed by atoms with E-state index in [1.165, 1.54) is 18.9 Å². The maximum atomic E-state index is 12.8. The van der Waals surface area contributed by atoms with Gasteiger partial charge >= 0.3 is 5.97 Å². The number of anilines is 1. The Bertz CT molecular complexity index is 1760. The molecule has 0 spiro atoms. The highest BCUT2D eigenvalue weighted by Gasteiger charge is 2.25. The molecule has 0 saturated heterocycles. The number of para-hydroxylation sites is 1. The summed E-state index contributed by atoms with van der Waals surface area (Å²) in [5.41, 5.74) is 9.40. The Morgan fingerprint density at radius 3 is 2.52 bits per heavy atom. The molecule has 12 heteroatoms. The van der Waals surface area contributed by atoms with Crippen molar-refractivity contribution in [2.75, 3.05) is 18.2 Å².